The van der Waals surface area contributed by atoms with Crippen molar-refractivity contribution in [3.63, 3.8) is 0 Å². The lowest BCUT2D eigenvalue weighted by Crippen LogP contribution is -1.98. The van der Waals surface area contributed by atoms with E-state index in [0.29, 0.717) is 23.8 Å². The van der Waals surface area contributed by atoms with Crippen LogP contribution >= 0.6 is 11.6 Å². The molecule has 0 radical (unpaired) electrons. The van der Waals surface area contributed by atoms with Gasteiger partial charge in [-0.2, -0.15) is 5.26 Å². The number of fused-ring (bicyclic) bond motifs is 1. The second-order valence-corrected chi connectivity index (χ2v) is 4.49. The molecule has 0 saturated carbocycles. The quantitative estimate of drug-likeness (QED) is 0.813. The minimum Gasteiger partial charge on any atom is -0.473 e. The van der Waals surface area contributed by atoms with Crippen molar-refractivity contribution in [2.45, 2.75) is 6.61 Å². The van der Waals surface area contributed by atoms with Gasteiger partial charge in [0.15, 0.2) is 11.5 Å². The molecule has 1 aliphatic heterocycles. The maximum Gasteiger partial charge on any atom is 0.231 e. The molecule has 0 spiro atoms. The molecule has 100 valence electrons. The number of hydrogen-bond donors (Lipinski definition) is 0. The first kappa shape index (κ1) is 12.6. The van der Waals surface area contributed by atoms with Gasteiger partial charge in [0.2, 0.25) is 12.7 Å². The molecule has 2 heterocycles. The predicted molar refractivity (Wildman–Crippen MR) is 70.9 cm³/mol. The van der Waals surface area contributed by atoms with Crippen molar-refractivity contribution in [1.82, 2.24) is 4.98 Å². The Labute approximate surface area is 120 Å². The van der Waals surface area contributed by atoms with Gasteiger partial charge in [0.05, 0.1) is 11.6 Å². The molecule has 1 aliphatic rings. The van der Waals surface area contributed by atoms with Gasteiger partial charge in [-0.25, -0.2) is 4.98 Å². The summed E-state index contributed by atoms with van der Waals surface area (Å²) in [5, 5.41) is 9.08. The monoisotopic (exact) mass is 288 g/mol. The Morgan fingerprint density at radius 3 is 2.95 bits per heavy atom. The molecule has 5 nitrogen and oxygen atoms in total. The van der Waals surface area contributed by atoms with E-state index >= 15 is 0 Å². The first-order chi connectivity index (χ1) is 9.74. The number of ether oxygens (including phenoxy) is 3. The predicted octanol–water partition coefficient (Wildman–Crippen LogP) is 2.91. The van der Waals surface area contributed by atoms with Crippen molar-refractivity contribution in [2.75, 3.05) is 6.79 Å². The normalized spacial score (nSPS) is 12.0. The molecule has 0 fully saturated rings. The van der Waals surface area contributed by atoms with Crippen LogP contribution in [0.1, 0.15) is 11.1 Å². The van der Waals surface area contributed by atoms with Crippen LogP contribution in [0.15, 0.2) is 30.3 Å². The number of pyridine rings is 1. The zero-order valence-corrected chi connectivity index (χ0v) is 11.1. The number of rotatable bonds is 3. The van der Waals surface area contributed by atoms with E-state index in [-0.39, 0.29) is 11.9 Å². The molecule has 0 bridgehead atoms. The van der Waals surface area contributed by atoms with Crippen LogP contribution in [0.4, 0.5) is 0 Å². The molecule has 0 aliphatic carbocycles. The molecule has 0 saturated heterocycles. The largest absolute Gasteiger partial charge is 0.473 e. The summed E-state index contributed by atoms with van der Waals surface area (Å²) in [5.41, 5.74) is 1.32. The van der Waals surface area contributed by atoms with Crippen molar-refractivity contribution in [1.29, 1.82) is 5.26 Å². The zero-order valence-electron chi connectivity index (χ0n) is 10.3. The molecule has 0 N–H and O–H groups in total. The second kappa shape index (κ2) is 5.27. The van der Waals surface area contributed by atoms with Gasteiger partial charge in [0.1, 0.15) is 11.8 Å². The molecule has 0 unspecified atom stereocenters. The molecule has 0 amide bonds. The van der Waals surface area contributed by atoms with Crippen molar-refractivity contribution in [3.8, 4) is 23.4 Å². The summed E-state index contributed by atoms with van der Waals surface area (Å²) in [6.45, 7) is 0.538. The van der Waals surface area contributed by atoms with E-state index in [0.717, 1.165) is 11.3 Å². The van der Waals surface area contributed by atoms with Crippen LogP contribution in [0.3, 0.4) is 0 Å². The molecule has 20 heavy (non-hydrogen) atoms. The van der Waals surface area contributed by atoms with Gasteiger partial charge in [-0.15, -0.1) is 0 Å². The molecular weight excluding hydrogens is 280 g/mol. The zero-order chi connectivity index (χ0) is 13.9. The Kier molecular flexibility index (Phi) is 3.32. The van der Waals surface area contributed by atoms with Crippen molar-refractivity contribution in [3.05, 3.63) is 46.6 Å². The van der Waals surface area contributed by atoms with Crippen molar-refractivity contribution >= 4 is 11.6 Å². The summed E-state index contributed by atoms with van der Waals surface area (Å²) < 4.78 is 16.1. The van der Waals surface area contributed by atoms with Crippen LogP contribution in [0, 0.1) is 11.3 Å². The lowest BCUT2D eigenvalue weighted by molar-refractivity contribution is 0.174. The van der Waals surface area contributed by atoms with Gasteiger partial charge < -0.3 is 14.2 Å². The number of nitrogens with zero attached hydrogens (tertiary/aromatic N) is 2. The van der Waals surface area contributed by atoms with Crippen LogP contribution < -0.4 is 14.2 Å². The highest BCUT2D eigenvalue weighted by molar-refractivity contribution is 6.29. The topological polar surface area (TPSA) is 64.4 Å². The van der Waals surface area contributed by atoms with Crippen LogP contribution in [0.2, 0.25) is 5.15 Å². The third-order valence-electron chi connectivity index (χ3n) is 2.72. The average molecular weight is 289 g/mol. The number of hydrogen-bond acceptors (Lipinski definition) is 5. The lowest BCUT2D eigenvalue weighted by atomic mass is 10.2. The maximum atomic E-state index is 8.86. The van der Waals surface area contributed by atoms with Crippen molar-refractivity contribution < 1.29 is 14.2 Å². The molecule has 3 rings (SSSR count). The number of benzene rings is 1. The van der Waals surface area contributed by atoms with E-state index in [9.17, 15) is 0 Å². The maximum absolute atomic E-state index is 8.86. The molecule has 1 aromatic carbocycles. The van der Waals surface area contributed by atoms with Crippen molar-refractivity contribution in [2.24, 2.45) is 0 Å². The van der Waals surface area contributed by atoms with Crippen LogP contribution in [0.5, 0.6) is 17.4 Å². The van der Waals surface area contributed by atoms with E-state index in [1.807, 2.05) is 24.3 Å². The standard InChI is InChI=1S/C14H9ClN2O3/c15-13-4-10(6-16)5-14(17-13)18-7-9-1-2-11-12(3-9)20-8-19-11/h1-5H,7-8H2. The van der Waals surface area contributed by atoms with Gasteiger partial charge in [-0.05, 0) is 23.8 Å². The Hall–Kier alpha value is -2.45. The smallest absolute Gasteiger partial charge is 0.231 e. The summed E-state index contributed by atoms with van der Waals surface area (Å²) in [6, 6.07) is 10.6. The summed E-state index contributed by atoms with van der Waals surface area (Å²) in [4.78, 5) is 4.01. The van der Waals surface area contributed by atoms with E-state index in [1.54, 1.807) is 6.07 Å². The molecular formula is C14H9ClN2O3. The first-order valence-corrected chi connectivity index (χ1v) is 6.21. The highest BCUT2D eigenvalue weighted by Crippen LogP contribution is 2.32. The second-order valence-electron chi connectivity index (χ2n) is 4.10. The van der Waals surface area contributed by atoms with Gasteiger partial charge in [0.25, 0.3) is 0 Å². The molecule has 1 aromatic heterocycles. The Bertz CT molecular complexity index is 697. The number of aromatic nitrogens is 1. The first-order valence-electron chi connectivity index (χ1n) is 5.83. The Balaban J connectivity index is 1.73. The Morgan fingerprint density at radius 1 is 1.25 bits per heavy atom. The van der Waals surface area contributed by atoms with Crippen LogP contribution in [0.25, 0.3) is 0 Å². The third-order valence-corrected chi connectivity index (χ3v) is 2.92. The average Bonchev–Trinajstić information content (AvgIpc) is 2.92. The summed E-state index contributed by atoms with van der Waals surface area (Å²) in [7, 11) is 0. The van der Waals surface area contributed by atoms with E-state index in [4.69, 9.17) is 31.1 Å². The van der Waals surface area contributed by atoms with Gasteiger partial charge >= 0.3 is 0 Å². The number of nitriles is 1. The summed E-state index contributed by atoms with van der Waals surface area (Å²) in [5.74, 6) is 1.73. The van der Waals surface area contributed by atoms with Crippen LogP contribution in [-0.4, -0.2) is 11.8 Å². The van der Waals surface area contributed by atoms with Gasteiger partial charge in [-0.3, -0.25) is 0 Å². The summed E-state index contributed by atoms with van der Waals surface area (Å²) >= 11 is 5.81. The van der Waals surface area contributed by atoms with Gasteiger partial charge in [-0.1, -0.05) is 17.7 Å². The number of halogens is 1. The fourth-order valence-electron chi connectivity index (χ4n) is 1.80. The van der Waals surface area contributed by atoms with E-state index in [2.05, 4.69) is 4.98 Å². The Morgan fingerprint density at radius 2 is 2.10 bits per heavy atom. The van der Waals surface area contributed by atoms with E-state index < -0.39 is 0 Å². The van der Waals surface area contributed by atoms with Gasteiger partial charge in [0, 0.05) is 6.07 Å². The highest BCUT2D eigenvalue weighted by Gasteiger charge is 2.13. The van der Waals surface area contributed by atoms with E-state index in [1.165, 1.54) is 6.07 Å². The molecule has 6 heteroatoms. The highest BCUT2D eigenvalue weighted by atomic mass is 35.5. The fraction of sp³-hybridized carbons (Fsp3) is 0.143. The van der Waals surface area contributed by atoms with Crippen LogP contribution in [-0.2, 0) is 6.61 Å². The molecule has 0 atom stereocenters. The molecule has 2 aromatic rings. The fourth-order valence-corrected chi connectivity index (χ4v) is 2.00. The third kappa shape index (κ3) is 2.60. The SMILES string of the molecule is N#Cc1cc(Cl)nc(OCc2ccc3c(c2)OCO3)c1. The minimum atomic E-state index is 0.227. The minimum absolute atomic E-state index is 0.227. The summed E-state index contributed by atoms with van der Waals surface area (Å²) in [6.07, 6.45) is 0. The lowest BCUT2D eigenvalue weighted by Gasteiger charge is -2.06.